The molecule has 0 atom stereocenters. The molecule has 0 saturated carbocycles. The van der Waals surface area contributed by atoms with E-state index >= 15 is 0 Å². The summed E-state index contributed by atoms with van der Waals surface area (Å²) in [5.41, 5.74) is 0.361. The van der Waals surface area contributed by atoms with Crippen LogP contribution in [0.2, 0.25) is 0 Å². The SMILES string of the molecule is C=Cn1cc(B(O)O)cn1. The van der Waals surface area contributed by atoms with E-state index in [-0.39, 0.29) is 0 Å². The van der Waals surface area contributed by atoms with Gasteiger partial charge in [0, 0.05) is 24.1 Å². The zero-order valence-corrected chi connectivity index (χ0v) is 5.31. The maximum atomic E-state index is 8.60. The first-order chi connectivity index (χ1) is 4.74. The third kappa shape index (κ3) is 1.26. The van der Waals surface area contributed by atoms with Gasteiger partial charge in [-0.1, -0.05) is 6.58 Å². The van der Waals surface area contributed by atoms with E-state index in [4.69, 9.17) is 10.0 Å². The molecule has 1 rings (SSSR count). The summed E-state index contributed by atoms with van der Waals surface area (Å²) in [5, 5.41) is 20.9. The van der Waals surface area contributed by atoms with Crippen LogP contribution in [0.3, 0.4) is 0 Å². The minimum Gasteiger partial charge on any atom is -0.423 e. The molecule has 1 heterocycles. The van der Waals surface area contributed by atoms with Gasteiger partial charge in [0.15, 0.2) is 0 Å². The van der Waals surface area contributed by atoms with Gasteiger partial charge < -0.3 is 10.0 Å². The standard InChI is InChI=1S/C5H7BN2O2/c1-2-8-4-5(3-7-8)6(9)10/h2-4,9-10H,1H2. The largest absolute Gasteiger partial charge is 0.491 e. The number of rotatable bonds is 2. The van der Waals surface area contributed by atoms with Crippen LogP contribution in [-0.4, -0.2) is 26.9 Å². The smallest absolute Gasteiger partial charge is 0.423 e. The molecule has 4 nitrogen and oxygen atoms in total. The molecule has 0 spiro atoms. The van der Waals surface area contributed by atoms with Crippen molar-refractivity contribution in [2.24, 2.45) is 0 Å². The highest BCUT2D eigenvalue weighted by Gasteiger charge is 2.11. The molecule has 0 saturated heterocycles. The van der Waals surface area contributed by atoms with Gasteiger partial charge in [0.2, 0.25) is 0 Å². The molecule has 0 aliphatic rings. The van der Waals surface area contributed by atoms with E-state index in [2.05, 4.69) is 11.7 Å². The first-order valence-electron chi connectivity index (χ1n) is 2.77. The Bertz CT molecular complexity index is 233. The van der Waals surface area contributed by atoms with Crippen LogP contribution in [0.15, 0.2) is 19.0 Å². The third-order valence-corrected chi connectivity index (χ3v) is 1.11. The van der Waals surface area contributed by atoms with Gasteiger partial charge in [0.05, 0.1) is 0 Å². The van der Waals surface area contributed by atoms with Crippen molar-refractivity contribution in [2.75, 3.05) is 0 Å². The fourth-order valence-electron chi connectivity index (χ4n) is 0.586. The van der Waals surface area contributed by atoms with Crippen molar-refractivity contribution in [1.82, 2.24) is 9.78 Å². The van der Waals surface area contributed by atoms with E-state index in [0.29, 0.717) is 5.46 Å². The second-order valence-electron chi connectivity index (χ2n) is 1.81. The Morgan fingerprint density at radius 3 is 2.70 bits per heavy atom. The molecule has 2 N–H and O–H groups in total. The Morgan fingerprint density at radius 2 is 2.40 bits per heavy atom. The van der Waals surface area contributed by atoms with E-state index in [1.165, 1.54) is 23.3 Å². The lowest BCUT2D eigenvalue weighted by atomic mass is 9.83. The number of hydrogen-bond acceptors (Lipinski definition) is 3. The maximum absolute atomic E-state index is 8.60. The molecule has 0 bridgehead atoms. The Morgan fingerprint density at radius 1 is 1.70 bits per heavy atom. The summed E-state index contributed by atoms with van der Waals surface area (Å²) < 4.78 is 1.40. The monoisotopic (exact) mass is 138 g/mol. The quantitative estimate of drug-likeness (QED) is 0.497. The molecule has 5 heteroatoms. The van der Waals surface area contributed by atoms with Crippen molar-refractivity contribution < 1.29 is 10.0 Å². The van der Waals surface area contributed by atoms with Crippen LogP contribution in [0, 0.1) is 0 Å². The summed E-state index contributed by atoms with van der Waals surface area (Å²) in [5.74, 6) is 0. The van der Waals surface area contributed by atoms with E-state index in [9.17, 15) is 0 Å². The van der Waals surface area contributed by atoms with Crippen molar-refractivity contribution >= 4 is 18.8 Å². The number of aromatic nitrogens is 2. The molecule has 0 aromatic carbocycles. The molecule has 52 valence electrons. The number of nitrogens with zero attached hydrogens (tertiary/aromatic N) is 2. The zero-order valence-electron chi connectivity index (χ0n) is 5.31. The van der Waals surface area contributed by atoms with Crippen molar-refractivity contribution in [2.45, 2.75) is 0 Å². The van der Waals surface area contributed by atoms with Crippen LogP contribution < -0.4 is 5.46 Å². The highest BCUT2D eigenvalue weighted by atomic mass is 16.4. The third-order valence-electron chi connectivity index (χ3n) is 1.11. The van der Waals surface area contributed by atoms with Crippen LogP contribution in [-0.2, 0) is 0 Å². The summed E-state index contributed by atoms with van der Waals surface area (Å²) in [4.78, 5) is 0. The fourth-order valence-corrected chi connectivity index (χ4v) is 0.586. The molecular formula is C5H7BN2O2. The molecule has 0 fully saturated rings. The summed E-state index contributed by atoms with van der Waals surface area (Å²) in [6.07, 6.45) is 4.32. The van der Waals surface area contributed by atoms with Gasteiger partial charge in [-0.2, -0.15) is 5.10 Å². The van der Waals surface area contributed by atoms with Gasteiger partial charge in [-0.15, -0.1) is 0 Å². The van der Waals surface area contributed by atoms with Gasteiger partial charge in [0.1, 0.15) is 0 Å². The van der Waals surface area contributed by atoms with Gasteiger partial charge in [-0.05, 0) is 0 Å². The maximum Gasteiger partial charge on any atom is 0.491 e. The van der Waals surface area contributed by atoms with Crippen LogP contribution in [0.1, 0.15) is 0 Å². The normalized spacial score (nSPS) is 9.40. The average molecular weight is 138 g/mol. The van der Waals surface area contributed by atoms with E-state index in [0.717, 1.165) is 0 Å². The first kappa shape index (κ1) is 7.05. The Balaban J connectivity index is 2.88. The van der Waals surface area contributed by atoms with Gasteiger partial charge in [0.25, 0.3) is 0 Å². The predicted molar refractivity (Wildman–Crippen MR) is 38.4 cm³/mol. The minimum absolute atomic E-state index is 0.361. The van der Waals surface area contributed by atoms with E-state index in [1.807, 2.05) is 0 Å². The van der Waals surface area contributed by atoms with Crippen molar-refractivity contribution in [3.8, 4) is 0 Å². The van der Waals surface area contributed by atoms with Crippen LogP contribution in [0.4, 0.5) is 0 Å². The summed E-state index contributed by atoms with van der Waals surface area (Å²) in [6.45, 7) is 3.44. The lowest BCUT2D eigenvalue weighted by Crippen LogP contribution is -2.28. The number of hydrogen-bond donors (Lipinski definition) is 2. The Labute approximate surface area is 58.6 Å². The highest BCUT2D eigenvalue weighted by molar-refractivity contribution is 6.58. The van der Waals surface area contributed by atoms with Gasteiger partial charge >= 0.3 is 7.12 Å². The molecule has 0 radical (unpaired) electrons. The van der Waals surface area contributed by atoms with Gasteiger partial charge in [-0.3, -0.25) is 0 Å². The van der Waals surface area contributed by atoms with Crippen molar-refractivity contribution in [1.29, 1.82) is 0 Å². The Kier molecular flexibility index (Phi) is 1.89. The lowest BCUT2D eigenvalue weighted by Gasteiger charge is -1.88. The lowest BCUT2D eigenvalue weighted by molar-refractivity contribution is 0.426. The molecule has 1 aromatic heterocycles. The molecular weight excluding hydrogens is 131 g/mol. The molecule has 0 amide bonds. The summed E-state index contributed by atoms with van der Waals surface area (Å²) in [6, 6.07) is 0. The van der Waals surface area contributed by atoms with E-state index in [1.54, 1.807) is 0 Å². The highest BCUT2D eigenvalue weighted by Crippen LogP contribution is 1.82. The minimum atomic E-state index is -1.45. The topological polar surface area (TPSA) is 58.3 Å². The molecule has 10 heavy (non-hydrogen) atoms. The fraction of sp³-hybridized carbons (Fsp3) is 0. The van der Waals surface area contributed by atoms with Crippen molar-refractivity contribution in [3.05, 3.63) is 19.0 Å². The van der Waals surface area contributed by atoms with Gasteiger partial charge in [-0.25, -0.2) is 4.68 Å². The second kappa shape index (κ2) is 2.68. The van der Waals surface area contributed by atoms with Crippen molar-refractivity contribution in [3.63, 3.8) is 0 Å². The molecule has 0 unspecified atom stereocenters. The average Bonchev–Trinajstić information content (AvgIpc) is 2.34. The molecule has 0 aliphatic carbocycles. The van der Waals surface area contributed by atoms with Crippen LogP contribution >= 0.6 is 0 Å². The second-order valence-corrected chi connectivity index (χ2v) is 1.81. The van der Waals surface area contributed by atoms with Crippen LogP contribution in [0.5, 0.6) is 0 Å². The first-order valence-corrected chi connectivity index (χ1v) is 2.77. The Hall–Kier alpha value is -1.07. The molecule has 0 aliphatic heterocycles. The predicted octanol–water partition coefficient (Wildman–Crippen LogP) is -1.34. The zero-order chi connectivity index (χ0) is 7.56. The molecule has 1 aromatic rings. The summed E-state index contributed by atoms with van der Waals surface area (Å²) in [7, 11) is -1.45. The van der Waals surface area contributed by atoms with Crippen LogP contribution in [0.25, 0.3) is 6.20 Å². The summed E-state index contributed by atoms with van der Waals surface area (Å²) >= 11 is 0. The van der Waals surface area contributed by atoms with E-state index < -0.39 is 7.12 Å².